The first-order chi connectivity index (χ1) is 14.0. The summed E-state index contributed by atoms with van der Waals surface area (Å²) in [4.78, 5) is 31.5. The predicted octanol–water partition coefficient (Wildman–Crippen LogP) is 3.12. The highest BCUT2D eigenvalue weighted by Crippen LogP contribution is 2.38. The van der Waals surface area contributed by atoms with Crippen LogP contribution >= 0.6 is 11.3 Å². The predicted molar refractivity (Wildman–Crippen MR) is 105 cm³/mol. The van der Waals surface area contributed by atoms with E-state index >= 15 is 0 Å². The van der Waals surface area contributed by atoms with Crippen LogP contribution in [0.2, 0.25) is 0 Å². The second kappa shape index (κ2) is 6.73. The quantitative estimate of drug-likeness (QED) is 0.559. The average Bonchev–Trinajstić information content (AvgIpc) is 3.44. The molecule has 1 atom stereocenters. The van der Waals surface area contributed by atoms with E-state index in [0.717, 1.165) is 16.1 Å². The largest absolute Gasteiger partial charge is 0.348 e. The van der Waals surface area contributed by atoms with Crippen molar-refractivity contribution < 1.29 is 9.18 Å². The first-order valence-corrected chi connectivity index (χ1v) is 10.1. The first kappa shape index (κ1) is 17.9. The fraction of sp³-hybridized carbons (Fsp3) is 0.316. The Hall–Kier alpha value is -3.14. The number of halogens is 1. The summed E-state index contributed by atoms with van der Waals surface area (Å²) in [6.45, 7) is 4.37. The van der Waals surface area contributed by atoms with Gasteiger partial charge in [-0.15, -0.1) is 11.3 Å². The van der Waals surface area contributed by atoms with Crippen LogP contribution in [0.5, 0.6) is 0 Å². The van der Waals surface area contributed by atoms with Gasteiger partial charge in [-0.05, 0) is 26.0 Å². The molecule has 0 bridgehead atoms. The highest BCUT2D eigenvalue weighted by atomic mass is 32.1. The second-order valence-electron chi connectivity index (χ2n) is 7.18. The van der Waals surface area contributed by atoms with E-state index in [9.17, 15) is 9.18 Å². The Balaban J connectivity index is 1.63. The number of carbonyl (C=O) groups is 1. The molecule has 5 rings (SSSR count). The lowest BCUT2D eigenvalue weighted by atomic mass is 10.0. The third-order valence-corrected chi connectivity index (χ3v) is 6.13. The number of para-hydroxylation sites is 1. The number of aromatic nitrogens is 6. The summed E-state index contributed by atoms with van der Waals surface area (Å²) in [5.41, 5.74) is 2.01. The lowest BCUT2D eigenvalue weighted by Crippen LogP contribution is -2.42. The van der Waals surface area contributed by atoms with E-state index in [-0.39, 0.29) is 23.6 Å². The zero-order chi connectivity index (χ0) is 20.1. The van der Waals surface area contributed by atoms with Gasteiger partial charge >= 0.3 is 0 Å². The number of nitrogens with one attached hydrogen (secondary N) is 1. The van der Waals surface area contributed by atoms with Gasteiger partial charge in [0.25, 0.3) is 5.91 Å². The standard InChI is InChI=1S/C19H18FN7OS/c1-10(2)27-17(23-9-24-27)19(28)26-7-6-12-15(22-8-21-12)16(26)18-25-14-11(20)4-3-5-13(14)29-18/h3-5,8-10,16H,6-7H2,1-2H3,(H,21,22)/t16-/m0/s1. The van der Waals surface area contributed by atoms with Crippen LogP contribution in [0.3, 0.4) is 0 Å². The Labute approximate surface area is 169 Å². The van der Waals surface area contributed by atoms with Gasteiger partial charge in [0.05, 0.1) is 16.7 Å². The summed E-state index contributed by atoms with van der Waals surface area (Å²) in [7, 11) is 0. The minimum atomic E-state index is -0.508. The molecule has 1 aliphatic rings. The number of imidazole rings is 1. The van der Waals surface area contributed by atoms with E-state index in [2.05, 4.69) is 25.0 Å². The van der Waals surface area contributed by atoms with Crippen molar-refractivity contribution >= 4 is 27.5 Å². The van der Waals surface area contributed by atoms with E-state index in [0.29, 0.717) is 23.5 Å². The number of carbonyl (C=O) groups excluding carboxylic acids is 1. The molecule has 4 heterocycles. The molecule has 148 valence electrons. The SMILES string of the molecule is CC(C)n1ncnc1C(=O)N1CCc2[nH]cnc2[C@H]1c1nc2c(F)cccc2s1. The third-order valence-electron chi connectivity index (χ3n) is 5.06. The van der Waals surface area contributed by atoms with Gasteiger partial charge in [-0.2, -0.15) is 5.10 Å². The van der Waals surface area contributed by atoms with Gasteiger partial charge in [0.2, 0.25) is 5.82 Å². The number of hydrogen-bond donors (Lipinski definition) is 1. The lowest BCUT2D eigenvalue weighted by molar-refractivity contribution is 0.0669. The number of aromatic amines is 1. The van der Waals surface area contributed by atoms with Crippen LogP contribution < -0.4 is 0 Å². The van der Waals surface area contributed by atoms with Crippen molar-refractivity contribution in [1.29, 1.82) is 0 Å². The second-order valence-corrected chi connectivity index (χ2v) is 8.24. The molecule has 8 nitrogen and oxygen atoms in total. The number of thiazole rings is 1. The molecule has 10 heteroatoms. The zero-order valence-corrected chi connectivity index (χ0v) is 16.6. The van der Waals surface area contributed by atoms with E-state index in [1.54, 1.807) is 22.0 Å². The number of nitrogens with zero attached hydrogens (tertiary/aromatic N) is 6. The van der Waals surface area contributed by atoms with Gasteiger partial charge < -0.3 is 9.88 Å². The molecule has 0 unspecified atom stereocenters. The summed E-state index contributed by atoms with van der Waals surface area (Å²) < 4.78 is 16.6. The maximum atomic E-state index is 14.2. The van der Waals surface area contributed by atoms with E-state index in [1.165, 1.54) is 23.7 Å². The molecule has 1 aliphatic heterocycles. The normalized spacial score (nSPS) is 16.6. The molecule has 0 saturated heterocycles. The van der Waals surface area contributed by atoms with Crippen molar-refractivity contribution in [1.82, 2.24) is 34.6 Å². The molecule has 29 heavy (non-hydrogen) atoms. The van der Waals surface area contributed by atoms with Gasteiger partial charge in [-0.3, -0.25) is 4.79 Å². The number of amides is 1. The minimum absolute atomic E-state index is 0.00261. The molecule has 1 amide bonds. The highest BCUT2D eigenvalue weighted by Gasteiger charge is 2.38. The van der Waals surface area contributed by atoms with Crippen LogP contribution in [0.15, 0.2) is 30.9 Å². The van der Waals surface area contributed by atoms with Crippen LogP contribution in [0.1, 0.15) is 52.9 Å². The first-order valence-electron chi connectivity index (χ1n) is 9.32. The molecule has 3 aromatic heterocycles. The van der Waals surface area contributed by atoms with Crippen LogP contribution in [0.25, 0.3) is 10.2 Å². The van der Waals surface area contributed by atoms with E-state index < -0.39 is 6.04 Å². The summed E-state index contributed by atoms with van der Waals surface area (Å²) in [6.07, 6.45) is 3.65. The van der Waals surface area contributed by atoms with Gasteiger partial charge in [0.1, 0.15) is 28.7 Å². The molecule has 0 fully saturated rings. The number of H-pyrrole nitrogens is 1. The molecule has 1 aromatic carbocycles. The highest BCUT2D eigenvalue weighted by molar-refractivity contribution is 7.18. The smallest absolute Gasteiger partial charge is 0.292 e. The van der Waals surface area contributed by atoms with Gasteiger partial charge in [0.15, 0.2) is 0 Å². The molecule has 0 spiro atoms. The Morgan fingerprint density at radius 1 is 1.34 bits per heavy atom. The Kier molecular flexibility index (Phi) is 4.16. The summed E-state index contributed by atoms with van der Waals surface area (Å²) >= 11 is 1.37. The van der Waals surface area contributed by atoms with Crippen LogP contribution in [0, 0.1) is 5.82 Å². The molecular formula is C19H18FN7OS. The molecule has 0 saturated carbocycles. The van der Waals surface area contributed by atoms with Crippen molar-refractivity contribution in [2.45, 2.75) is 32.4 Å². The maximum absolute atomic E-state index is 14.2. The third kappa shape index (κ3) is 2.82. The average molecular weight is 411 g/mol. The van der Waals surface area contributed by atoms with E-state index in [4.69, 9.17) is 0 Å². The fourth-order valence-electron chi connectivity index (χ4n) is 3.70. The summed E-state index contributed by atoms with van der Waals surface area (Å²) in [6, 6.07) is 4.37. The van der Waals surface area contributed by atoms with Crippen molar-refractivity contribution in [3.05, 3.63) is 58.9 Å². The zero-order valence-electron chi connectivity index (χ0n) is 15.8. The fourth-order valence-corrected chi connectivity index (χ4v) is 4.80. The topological polar surface area (TPSA) is 92.6 Å². The number of benzene rings is 1. The van der Waals surface area contributed by atoms with Gasteiger partial charge in [0, 0.05) is 24.7 Å². The molecule has 1 N–H and O–H groups in total. The lowest BCUT2D eigenvalue weighted by Gasteiger charge is -2.33. The number of hydrogen-bond acceptors (Lipinski definition) is 6. The Morgan fingerprint density at radius 3 is 3.00 bits per heavy atom. The van der Waals surface area contributed by atoms with Crippen LogP contribution in [-0.4, -0.2) is 47.1 Å². The Morgan fingerprint density at radius 2 is 2.21 bits per heavy atom. The van der Waals surface area contributed by atoms with Crippen LogP contribution in [-0.2, 0) is 6.42 Å². The van der Waals surface area contributed by atoms with Gasteiger partial charge in [-0.1, -0.05) is 6.07 Å². The molecule has 0 aliphatic carbocycles. The molecule has 4 aromatic rings. The minimum Gasteiger partial charge on any atom is -0.348 e. The van der Waals surface area contributed by atoms with Crippen LogP contribution in [0.4, 0.5) is 4.39 Å². The van der Waals surface area contributed by atoms with Crippen molar-refractivity contribution in [3.63, 3.8) is 0 Å². The van der Waals surface area contributed by atoms with Gasteiger partial charge in [-0.25, -0.2) is 24.0 Å². The summed E-state index contributed by atoms with van der Waals surface area (Å²) in [5, 5.41) is 4.81. The maximum Gasteiger partial charge on any atom is 0.292 e. The van der Waals surface area contributed by atoms with Crippen molar-refractivity contribution in [2.24, 2.45) is 0 Å². The summed E-state index contributed by atoms with van der Waals surface area (Å²) in [5.74, 6) is -0.341. The van der Waals surface area contributed by atoms with E-state index in [1.807, 2.05) is 19.9 Å². The molecule has 0 radical (unpaired) electrons. The van der Waals surface area contributed by atoms with Crippen molar-refractivity contribution in [3.8, 4) is 0 Å². The monoisotopic (exact) mass is 411 g/mol. The molecular weight excluding hydrogens is 393 g/mol. The Bertz CT molecular complexity index is 1210. The number of rotatable bonds is 3. The number of fused-ring (bicyclic) bond motifs is 2. The van der Waals surface area contributed by atoms with Crippen molar-refractivity contribution in [2.75, 3.05) is 6.54 Å².